The lowest BCUT2D eigenvalue weighted by Crippen LogP contribution is -2.53. The van der Waals surface area contributed by atoms with E-state index in [0.717, 1.165) is 17.1 Å². The first-order valence-electron chi connectivity index (χ1n) is 11.4. The Labute approximate surface area is 200 Å². The number of benzene rings is 2. The van der Waals surface area contributed by atoms with Crippen molar-refractivity contribution in [2.75, 3.05) is 6.61 Å². The van der Waals surface area contributed by atoms with Crippen molar-refractivity contribution in [2.45, 2.75) is 58.8 Å². The molecule has 33 heavy (non-hydrogen) atoms. The van der Waals surface area contributed by atoms with Crippen LogP contribution in [0.25, 0.3) is 16.7 Å². The number of aromatic hydroxyl groups is 1. The van der Waals surface area contributed by atoms with Crippen LogP contribution in [-0.4, -0.2) is 51.9 Å². The maximum absolute atomic E-state index is 10.6. The molecule has 0 saturated heterocycles. The second-order valence-electron chi connectivity index (χ2n) is 10.8. The van der Waals surface area contributed by atoms with E-state index in [0.29, 0.717) is 18.0 Å². The summed E-state index contributed by atoms with van der Waals surface area (Å²) in [5.74, 6) is 0.943. The van der Waals surface area contributed by atoms with Gasteiger partial charge in [-0.2, -0.15) is 0 Å². The number of hydrogen-bond acceptors (Lipinski definition) is 6. The number of phenolic OH excluding ortho intramolecular Hbond substituents is 1. The Kier molecular flexibility index (Phi) is 7.54. The molecular formula is C23H37N3O4Si3. The summed E-state index contributed by atoms with van der Waals surface area (Å²) in [6, 6.07) is 13.7. The zero-order chi connectivity index (χ0) is 24.4. The highest BCUT2D eigenvalue weighted by Gasteiger charge is 2.41. The van der Waals surface area contributed by atoms with Gasteiger partial charge in [0.15, 0.2) is 16.6 Å². The summed E-state index contributed by atoms with van der Waals surface area (Å²) >= 11 is 0. The number of rotatable bonds is 10. The molecule has 1 heterocycles. The van der Waals surface area contributed by atoms with E-state index in [-0.39, 0.29) is 11.7 Å². The van der Waals surface area contributed by atoms with E-state index < -0.39 is 25.2 Å². The van der Waals surface area contributed by atoms with Crippen LogP contribution in [0, 0.1) is 5.92 Å². The quantitative estimate of drug-likeness (QED) is 0.346. The third-order valence-electron chi connectivity index (χ3n) is 4.75. The number of fused-ring (bicyclic) bond motifs is 1. The van der Waals surface area contributed by atoms with Crippen LogP contribution in [0.3, 0.4) is 0 Å². The van der Waals surface area contributed by atoms with Crippen molar-refractivity contribution in [3.05, 3.63) is 42.5 Å². The predicted octanol–water partition coefficient (Wildman–Crippen LogP) is 5.92. The molecule has 1 atom stereocenters. The molecule has 1 aromatic heterocycles. The fourth-order valence-corrected chi connectivity index (χ4v) is 17.0. The molecule has 180 valence electrons. The van der Waals surface area contributed by atoms with Gasteiger partial charge in [-0.25, -0.2) is 0 Å². The van der Waals surface area contributed by atoms with Gasteiger partial charge in [0.05, 0.1) is 6.61 Å². The van der Waals surface area contributed by atoms with Crippen molar-refractivity contribution in [3.63, 3.8) is 0 Å². The van der Waals surface area contributed by atoms with Crippen molar-refractivity contribution in [1.29, 1.82) is 0 Å². The first-order valence-corrected chi connectivity index (χ1v) is 20.8. The average molecular weight is 504 g/mol. The van der Waals surface area contributed by atoms with Gasteiger partial charge in [0.1, 0.15) is 28.2 Å². The highest BCUT2D eigenvalue weighted by Crippen LogP contribution is 2.30. The normalized spacial score (nSPS) is 13.9. The second kappa shape index (κ2) is 9.71. The summed E-state index contributed by atoms with van der Waals surface area (Å²) in [5.41, 5.74) is 2.07. The lowest BCUT2D eigenvalue weighted by molar-refractivity contribution is 0.257. The molecule has 0 amide bonds. The molecule has 3 rings (SSSR count). The molecular weight excluding hydrogens is 467 g/mol. The van der Waals surface area contributed by atoms with E-state index in [1.165, 1.54) is 4.80 Å². The summed E-state index contributed by atoms with van der Waals surface area (Å²) in [4.78, 5) is 1.45. The lowest BCUT2D eigenvalue weighted by Gasteiger charge is -2.39. The average Bonchev–Trinajstić information content (AvgIpc) is 3.06. The maximum atomic E-state index is 10.6. The molecule has 1 unspecified atom stereocenters. The summed E-state index contributed by atoms with van der Waals surface area (Å²) in [6.45, 7) is 18.2. The molecule has 0 aliphatic carbocycles. The molecule has 3 aromatic rings. The molecule has 1 N–H and O–H groups in total. The summed E-state index contributed by atoms with van der Waals surface area (Å²) in [5, 5.41) is 19.4. The van der Waals surface area contributed by atoms with Crippen LogP contribution in [0.5, 0.6) is 11.5 Å². The van der Waals surface area contributed by atoms with Gasteiger partial charge >= 0.3 is 8.56 Å². The number of aromatic nitrogens is 3. The summed E-state index contributed by atoms with van der Waals surface area (Å²) < 4.78 is 19.3. The minimum atomic E-state index is -2.33. The highest BCUT2D eigenvalue weighted by atomic mass is 28.5. The number of hydrogen-bond donors (Lipinski definition) is 1. The Balaban J connectivity index is 1.66. The minimum absolute atomic E-state index is 0.0730. The molecule has 0 aliphatic heterocycles. The zero-order valence-electron chi connectivity index (χ0n) is 21.0. The summed E-state index contributed by atoms with van der Waals surface area (Å²) in [6.07, 6.45) is 0. The molecule has 0 aliphatic rings. The van der Waals surface area contributed by atoms with Gasteiger partial charge in [-0.15, -0.1) is 15.0 Å². The third-order valence-corrected chi connectivity index (χ3v) is 14.5. The molecule has 0 spiro atoms. The highest BCUT2D eigenvalue weighted by molar-refractivity contribution is 6.87. The largest absolute Gasteiger partial charge is 0.505 e. The van der Waals surface area contributed by atoms with E-state index >= 15 is 0 Å². The molecule has 10 heteroatoms. The first kappa shape index (κ1) is 25.6. The van der Waals surface area contributed by atoms with Gasteiger partial charge in [0.2, 0.25) is 0 Å². The Hall–Kier alpha value is -1.99. The van der Waals surface area contributed by atoms with Gasteiger partial charge in [-0.05, 0) is 82.1 Å². The summed E-state index contributed by atoms with van der Waals surface area (Å²) in [7, 11) is -5.80. The van der Waals surface area contributed by atoms with Gasteiger partial charge < -0.3 is 18.1 Å². The van der Waals surface area contributed by atoms with Crippen LogP contribution in [0.15, 0.2) is 42.5 Å². The Morgan fingerprint density at radius 1 is 0.879 bits per heavy atom. The van der Waals surface area contributed by atoms with E-state index in [1.54, 1.807) is 12.1 Å². The Morgan fingerprint density at radius 2 is 1.42 bits per heavy atom. The van der Waals surface area contributed by atoms with Crippen LogP contribution in [0.2, 0.25) is 51.9 Å². The third kappa shape index (κ3) is 7.51. The van der Waals surface area contributed by atoms with Gasteiger partial charge in [-0.1, -0.05) is 19.1 Å². The van der Waals surface area contributed by atoms with Crippen molar-refractivity contribution < 1.29 is 18.1 Å². The smallest absolute Gasteiger partial charge is 0.314 e. The van der Waals surface area contributed by atoms with Crippen molar-refractivity contribution in [1.82, 2.24) is 15.0 Å². The fraction of sp³-hybridized carbons (Fsp3) is 0.478. The minimum Gasteiger partial charge on any atom is -0.505 e. The fourth-order valence-electron chi connectivity index (χ4n) is 4.06. The molecule has 2 aromatic carbocycles. The molecule has 7 nitrogen and oxygen atoms in total. The number of phenols is 1. The van der Waals surface area contributed by atoms with Crippen LogP contribution >= 0.6 is 0 Å². The second-order valence-corrected chi connectivity index (χ2v) is 23.6. The van der Waals surface area contributed by atoms with Crippen molar-refractivity contribution in [2.24, 2.45) is 5.92 Å². The van der Waals surface area contributed by atoms with Crippen LogP contribution < -0.4 is 4.74 Å². The number of ether oxygens (including phenoxy) is 1. The van der Waals surface area contributed by atoms with E-state index in [1.807, 2.05) is 30.3 Å². The van der Waals surface area contributed by atoms with E-state index in [2.05, 4.69) is 63.0 Å². The molecule has 0 bridgehead atoms. The molecule has 0 radical (unpaired) electrons. The van der Waals surface area contributed by atoms with Crippen LogP contribution in [-0.2, 0) is 8.23 Å². The standard InChI is InChI=1S/C23H37N3O4Si3/c1-18(17-33(8,29-31(2,3)4)30-32(5,6)7)16-28-19-13-14-22(23(27)15-19)26-24-20-11-9-10-12-21(20)25-26/h9-15,18,27H,16-17H2,1-8H3. The molecule has 0 saturated carbocycles. The molecule has 0 fully saturated rings. The SMILES string of the molecule is CC(COc1ccc(-n2nc3ccccc3n2)c(O)c1)C[Si](C)(O[Si](C)(C)C)O[Si](C)(C)C. The lowest BCUT2D eigenvalue weighted by atomic mass is 10.2. The maximum Gasteiger partial charge on any atom is 0.314 e. The monoisotopic (exact) mass is 503 g/mol. The van der Waals surface area contributed by atoms with E-state index in [4.69, 9.17) is 13.0 Å². The first-order chi connectivity index (χ1) is 15.2. The predicted molar refractivity (Wildman–Crippen MR) is 140 cm³/mol. The van der Waals surface area contributed by atoms with Crippen molar-refractivity contribution in [3.8, 4) is 17.2 Å². The van der Waals surface area contributed by atoms with Gasteiger partial charge in [0, 0.05) is 6.07 Å². The number of nitrogens with zero attached hydrogens (tertiary/aromatic N) is 3. The van der Waals surface area contributed by atoms with Gasteiger partial charge in [-0.3, -0.25) is 0 Å². The Morgan fingerprint density at radius 3 is 1.91 bits per heavy atom. The Bertz CT molecular complexity index is 1040. The van der Waals surface area contributed by atoms with E-state index in [9.17, 15) is 5.11 Å². The van der Waals surface area contributed by atoms with Crippen molar-refractivity contribution >= 4 is 36.2 Å². The topological polar surface area (TPSA) is 78.6 Å². The zero-order valence-corrected chi connectivity index (χ0v) is 24.0. The van der Waals surface area contributed by atoms with Crippen LogP contribution in [0.4, 0.5) is 0 Å². The van der Waals surface area contributed by atoms with Gasteiger partial charge in [0.25, 0.3) is 0 Å². The van der Waals surface area contributed by atoms with Crippen LogP contribution in [0.1, 0.15) is 6.92 Å².